The van der Waals surface area contributed by atoms with E-state index in [1.807, 2.05) is 6.08 Å². The van der Waals surface area contributed by atoms with E-state index in [-0.39, 0.29) is 12.5 Å². The van der Waals surface area contributed by atoms with E-state index in [2.05, 4.69) is 20.8 Å². The Morgan fingerprint density at radius 1 is 1.47 bits per heavy atom. The SMILES string of the molecule is C[C@@H]1C[C@@H](CO)C(C=O)=CC2=C1CC(C)(C)C2. The molecule has 0 unspecified atom stereocenters. The fourth-order valence-electron chi connectivity index (χ4n) is 3.29. The number of hydrogen-bond acceptors (Lipinski definition) is 2. The summed E-state index contributed by atoms with van der Waals surface area (Å²) < 4.78 is 0. The van der Waals surface area contributed by atoms with Crippen molar-refractivity contribution in [2.24, 2.45) is 17.3 Å². The van der Waals surface area contributed by atoms with Gasteiger partial charge in [-0.05, 0) is 41.7 Å². The quantitative estimate of drug-likeness (QED) is 0.746. The molecule has 0 aromatic carbocycles. The average molecular weight is 234 g/mol. The number of carbonyl (C=O) groups is 1. The van der Waals surface area contributed by atoms with Crippen LogP contribution in [0.4, 0.5) is 0 Å². The van der Waals surface area contributed by atoms with Crippen LogP contribution < -0.4 is 0 Å². The molecule has 1 N–H and O–H groups in total. The highest BCUT2D eigenvalue weighted by atomic mass is 16.3. The maximum Gasteiger partial charge on any atom is 0.146 e. The highest BCUT2D eigenvalue weighted by Crippen LogP contribution is 2.47. The van der Waals surface area contributed by atoms with Crippen LogP contribution >= 0.6 is 0 Å². The van der Waals surface area contributed by atoms with Crippen LogP contribution in [0.3, 0.4) is 0 Å². The standard InChI is InChI=1S/C15H22O2/c1-10-4-12(8-16)13(9-17)5-11-6-15(2,3)7-14(10)11/h5,9-10,12,16H,4,6-8H2,1-3H3/t10-,12+/m1/s1. The molecule has 2 heteroatoms. The van der Waals surface area contributed by atoms with Crippen LogP contribution in [0, 0.1) is 17.3 Å². The summed E-state index contributed by atoms with van der Waals surface area (Å²) in [4.78, 5) is 11.1. The molecule has 0 spiro atoms. The lowest BCUT2D eigenvalue weighted by Gasteiger charge is -2.22. The molecule has 2 aliphatic rings. The maximum atomic E-state index is 11.1. The second-order valence-electron chi connectivity index (χ2n) is 6.35. The van der Waals surface area contributed by atoms with Gasteiger partial charge in [0.1, 0.15) is 6.29 Å². The van der Waals surface area contributed by atoms with Gasteiger partial charge in [-0.3, -0.25) is 4.79 Å². The first kappa shape index (κ1) is 12.6. The first-order chi connectivity index (χ1) is 7.96. The Morgan fingerprint density at radius 2 is 2.18 bits per heavy atom. The summed E-state index contributed by atoms with van der Waals surface area (Å²) in [6.45, 7) is 6.87. The Labute approximate surface area is 103 Å². The van der Waals surface area contributed by atoms with E-state index in [4.69, 9.17) is 0 Å². The third-order valence-corrected chi connectivity index (χ3v) is 4.15. The molecule has 0 bridgehead atoms. The summed E-state index contributed by atoms with van der Waals surface area (Å²) in [6.07, 6.45) is 6.05. The Hall–Kier alpha value is -0.890. The highest BCUT2D eigenvalue weighted by molar-refractivity contribution is 5.75. The topological polar surface area (TPSA) is 37.3 Å². The number of aliphatic hydroxyl groups is 1. The maximum absolute atomic E-state index is 11.1. The minimum Gasteiger partial charge on any atom is -0.396 e. The molecule has 0 radical (unpaired) electrons. The lowest BCUT2D eigenvalue weighted by atomic mass is 9.83. The van der Waals surface area contributed by atoms with Gasteiger partial charge in [0.25, 0.3) is 0 Å². The smallest absolute Gasteiger partial charge is 0.146 e. The fourth-order valence-corrected chi connectivity index (χ4v) is 3.29. The summed E-state index contributed by atoms with van der Waals surface area (Å²) in [5.74, 6) is 0.508. The van der Waals surface area contributed by atoms with Crippen LogP contribution in [0.5, 0.6) is 0 Å². The van der Waals surface area contributed by atoms with Gasteiger partial charge in [-0.15, -0.1) is 0 Å². The number of aldehydes is 1. The highest BCUT2D eigenvalue weighted by Gasteiger charge is 2.35. The van der Waals surface area contributed by atoms with Gasteiger partial charge in [0.2, 0.25) is 0 Å². The fraction of sp³-hybridized carbons (Fsp3) is 0.667. The van der Waals surface area contributed by atoms with Gasteiger partial charge in [0.15, 0.2) is 0 Å². The molecule has 2 rings (SSSR count). The van der Waals surface area contributed by atoms with Crippen molar-refractivity contribution in [2.45, 2.75) is 40.0 Å². The van der Waals surface area contributed by atoms with E-state index in [1.165, 1.54) is 11.1 Å². The lowest BCUT2D eigenvalue weighted by Crippen LogP contribution is -2.15. The van der Waals surface area contributed by atoms with Gasteiger partial charge in [0.05, 0.1) is 6.61 Å². The summed E-state index contributed by atoms with van der Waals surface area (Å²) >= 11 is 0. The van der Waals surface area contributed by atoms with Crippen molar-refractivity contribution in [3.8, 4) is 0 Å². The molecule has 0 aliphatic heterocycles. The average Bonchev–Trinajstić information content (AvgIpc) is 2.52. The molecule has 0 saturated carbocycles. The van der Waals surface area contributed by atoms with E-state index >= 15 is 0 Å². The van der Waals surface area contributed by atoms with E-state index in [9.17, 15) is 9.90 Å². The Kier molecular flexibility index (Phi) is 3.26. The predicted molar refractivity (Wildman–Crippen MR) is 68.5 cm³/mol. The third kappa shape index (κ3) is 2.37. The number of allylic oxidation sites excluding steroid dienone is 3. The van der Waals surface area contributed by atoms with E-state index in [0.29, 0.717) is 11.3 Å². The van der Waals surface area contributed by atoms with Gasteiger partial charge in [-0.2, -0.15) is 0 Å². The van der Waals surface area contributed by atoms with Crippen molar-refractivity contribution in [1.82, 2.24) is 0 Å². The molecule has 0 fully saturated rings. The molecule has 0 aromatic heterocycles. The molecule has 2 aliphatic carbocycles. The second-order valence-corrected chi connectivity index (χ2v) is 6.35. The Bertz CT molecular complexity index is 388. The van der Waals surface area contributed by atoms with E-state index < -0.39 is 0 Å². The first-order valence-electron chi connectivity index (χ1n) is 6.46. The van der Waals surface area contributed by atoms with Gasteiger partial charge in [-0.25, -0.2) is 0 Å². The number of hydrogen-bond donors (Lipinski definition) is 1. The number of rotatable bonds is 2. The minimum atomic E-state index is 0.0243. The van der Waals surface area contributed by atoms with Crippen LogP contribution in [0.15, 0.2) is 22.8 Å². The molecule has 2 nitrogen and oxygen atoms in total. The van der Waals surface area contributed by atoms with Gasteiger partial charge in [0, 0.05) is 5.92 Å². The largest absolute Gasteiger partial charge is 0.396 e. The summed E-state index contributed by atoms with van der Waals surface area (Å²) in [7, 11) is 0. The molecule has 2 atom stereocenters. The predicted octanol–water partition coefficient (Wildman–Crippen LogP) is 2.88. The zero-order valence-electron chi connectivity index (χ0n) is 11.0. The summed E-state index contributed by atoms with van der Waals surface area (Å²) in [6, 6.07) is 0. The molecule has 0 aromatic rings. The lowest BCUT2D eigenvalue weighted by molar-refractivity contribution is -0.105. The zero-order valence-corrected chi connectivity index (χ0v) is 11.0. The van der Waals surface area contributed by atoms with Crippen molar-refractivity contribution in [1.29, 1.82) is 0 Å². The van der Waals surface area contributed by atoms with Crippen molar-refractivity contribution in [2.75, 3.05) is 6.61 Å². The van der Waals surface area contributed by atoms with E-state index in [0.717, 1.165) is 31.1 Å². The summed E-state index contributed by atoms with van der Waals surface area (Å²) in [5.41, 5.74) is 3.96. The number of aliphatic hydroxyl groups excluding tert-OH is 1. The molecule has 0 amide bonds. The number of carbonyl (C=O) groups excluding carboxylic acids is 1. The normalized spacial score (nSPS) is 31.9. The van der Waals surface area contributed by atoms with Crippen molar-refractivity contribution >= 4 is 6.29 Å². The monoisotopic (exact) mass is 234 g/mol. The van der Waals surface area contributed by atoms with Crippen LogP contribution in [-0.2, 0) is 4.79 Å². The van der Waals surface area contributed by atoms with Crippen LogP contribution in [0.25, 0.3) is 0 Å². The molecular formula is C15H22O2. The molecular weight excluding hydrogens is 212 g/mol. The van der Waals surface area contributed by atoms with Crippen LogP contribution in [-0.4, -0.2) is 18.0 Å². The Balaban J connectivity index is 2.36. The molecule has 17 heavy (non-hydrogen) atoms. The summed E-state index contributed by atoms with van der Waals surface area (Å²) in [5, 5.41) is 9.38. The van der Waals surface area contributed by atoms with Crippen molar-refractivity contribution in [3.05, 3.63) is 22.8 Å². The van der Waals surface area contributed by atoms with E-state index in [1.54, 1.807) is 0 Å². The minimum absolute atomic E-state index is 0.0243. The second kappa shape index (κ2) is 4.41. The van der Waals surface area contributed by atoms with Gasteiger partial charge >= 0.3 is 0 Å². The molecule has 94 valence electrons. The van der Waals surface area contributed by atoms with Crippen LogP contribution in [0.1, 0.15) is 40.0 Å². The van der Waals surface area contributed by atoms with Crippen molar-refractivity contribution < 1.29 is 9.90 Å². The van der Waals surface area contributed by atoms with Crippen LogP contribution in [0.2, 0.25) is 0 Å². The van der Waals surface area contributed by atoms with Gasteiger partial charge in [-0.1, -0.05) is 32.4 Å². The van der Waals surface area contributed by atoms with Crippen molar-refractivity contribution in [3.63, 3.8) is 0 Å². The zero-order chi connectivity index (χ0) is 12.6. The van der Waals surface area contributed by atoms with Gasteiger partial charge < -0.3 is 5.11 Å². The first-order valence-corrected chi connectivity index (χ1v) is 6.46. The third-order valence-electron chi connectivity index (χ3n) is 4.15. The Morgan fingerprint density at radius 3 is 2.76 bits per heavy atom. The molecule has 0 saturated heterocycles. The molecule has 0 heterocycles.